The monoisotopic (exact) mass is 332 g/mol. The Hall–Kier alpha value is -2.01. The number of sulfonamides is 1. The molecule has 0 aliphatic heterocycles. The molecule has 2 aromatic rings. The molecule has 124 valence electrons. The second-order valence-electron chi connectivity index (χ2n) is 6.54. The molecule has 23 heavy (non-hydrogen) atoms. The van der Waals surface area contributed by atoms with Crippen LogP contribution in [0, 0.1) is 0 Å². The van der Waals surface area contributed by atoms with Crippen LogP contribution >= 0.6 is 0 Å². The molecule has 0 saturated heterocycles. The summed E-state index contributed by atoms with van der Waals surface area (Å²) < 4.78 is 25.6. The van der Waals surface area contributed by atoms with E-state index in [0.717, 1.165) is 11.4 Å². The number of benzene rings is 2. The Balaban J connectivity index is 2.06. The zero-order chi connectivity index (χ0) is 17.1. The number of nitrogens with one attached hydrogen (secondary N) is 2. The Bertz CT molecular complexity index is 743. The molecule has 2 aromatic carbocycles. The standard InChI is InChI=1S/C18H24N2O2S/c1-5-23(21,22)20-17-12-10-16(11-13-17)19-15-8-6-14(7-9-15)18(2,3)4/h6-13,19-20H,5H2,1-4H3. The van der Waals surface area contributed by atoms with Crippen molar-refractivity contribution < 1.29 is 8.42 Å². The van der Waals surface area contributed by atoms with E-state index in [1.807, 2.05) is 24.3 Å². The Labute approximate surface area is 139 Å². The van der Waals surface area contributed by atoms with Gasteiger partial charge in [0.1, 0.15) is 0 Å². The molecule has 0 bridgehead atoms. The number of hydrogen-bond acceptors (Lipinski definition) is 3. The summed E-state index contributed by atoms with van der Waals surface area (Å²) in [6.07, 6.45) is 0. The number of hydrogen-bond donors (Lipinski definition) is 2. The molecule has 0 amide bonds. The van der Waals surface area contributed by atoms with E-state index in [1.165, 1.54) is 5.56 Å². The third-order valence-corrected chi connectivity index (χ3v) is 4.88. The molecule has 0 spiro atoms. The first-order chi connectivity index (χ1) is 10.7. The molecule has 5 heteroatoms. The van der Waals surface area contributed by atoms with Crippen molar-refractivity contribution in [2.45, 2.75) is 33.1 Å². The first kappa shape index (κ1) is 17.3. The van der Waals surface area contributed by atoms with E-state index in [2.05, 4.69) is 42.9 Å². The first-order valence-corrected chi connectivity index (χ1v) is 9.33. The highest BCUT2D eigenvalue weighted by atomic mass is 32.2. The van der Waals surface area contributed by atoms with Crippen LogP contribution in [-0.2, 0) is 15.4 Å². The van der Waals surface area contributed by atoms with Crippen LogP contribution in [-0.4, -0.2) is 14.2 Å². The third-order valence-electron chi connectivity index (χ3n) is 3.58. The minimum Gasteiger partial charge on any atom is -0.356 e. The second kappa shape index (κ2) is 6.62. The van der Waals surface area contributed by atoms with Gasteiger partial charge in [0.25, 0.3) is 0 Å². The topological polar surface area (TPSA) is 58.2 Å². The van der Waals surface area contributed by atoms with E-state index in [-0.39, 0.29) is 11.2 Å². The van der Waals surface area contributed by atoms with Gasteiger partial charge < -0.3 is 5.32 Å². The first-order valence-electron chi connectivity index (χ1n) is 7.68. The molecule has 2 N–H and O–H groups in total. The maximum Gasteiger partial charge on any atom is 0.232 e. The summed E-state index contributed by atoms with van der Waals surface area (Å²) in [6, 6.07) is 15.5. The highest BCUT2D eigenvalue weighted by molar-refractivity contribution is 7.92. The van der Waals surface area contributed by atoms with Gasteiger partial charge in [0.2, 0.25) is 10.0 Å². The van der Waals surface area contributed by atoms with Crippen LogP contribution in [0.2, 0.25) is 0 Å². The lowest BCUT2D eigenvalue weighted by atomic mass is 9.87. The van der Waals surface area contributed by atoms with Gasteiger partial charge in [-0.15, -0.1) is 0 Å². The Morgan fingerprint density at radius 2 is 1.26 bits per heavy atom. The lowest BCUT2D eigenvalue weighted by molar-refractivity contribution is 0.590. The fourth-order valence-electron chi connectivity index (χ4n) is 2.09. The summed E-state index contributed by atoms with van der Waals surface area (Å²) in [5.74, 6) is 0.0626. The summed E-state index contributed by atoms with van der Waals surface area (Å²) in [5, 5.41) is 3.31. The molecule has 0 unspecified atom stereocenters. The molecular weight excluding hydrogens is 308 g/mol. The van der Waals surface area contributed by atoms with E-state index in [4.69, 9.17) is 0 Å². The van der Waals surface area contributed by atoms with Crippen molar-refractivity contribution in [2.75, 3.05) is 15.8 Å². The van der Waals surface area contributed by atoms with Crippen LogP contribution in [0.1, 0.15) is 33.3 Å². The predicted molar refractivity (Wildman–Crippen MR) is 98.0 cm³/mol. The SMILES string of the molecule is CCS(=O)(=O)Nc1ccc(Nc2ccc(C(C)(C)C)cc2)cc1. The van der Waals surface area contributed by atoms with Crippen molar-refractivity contribution in [3.63, 3.8) is 0 Å². The van der Waals surface area contributed by atoms with Crippen molar-refractivity contribution >= 4 is 27.1 Å². The summed E-state index contributed by atoms with van der Waals surface area (Å²) in [5.41, 5.74) is 3.90. The zero-order valence-corrected chi connectivity index (χ0v) is 14.9. The number of anilines is 3. The molecule has 0 heterocycles. The Morgan fingerprint density at radius 3 is 1.70 bits per heavy atom. The quantitative estimate of drug-likeness (QED) is 0.848. The van der Waals surface area contributed by atoms with Gasteiger partial charge in [0.15, 0.2) is 0 Å². The van der Waals surface area contributed by atoms with E-state index in [1.54, 1.807) is 19.1 Å². The molecule has 0 aliphatic rings. The molecule has 2 rings (SSSR count). The summed E-state index contributed by atoms with van der Waals surface area (Å²) in [7, 11) is -3.23. The van der Waals surface area contributed by atoms with Gasteiger partial charge in [0, 0.05) is 17.1 Å². The molecule has 0 atom stereocenters. The maximum atomic E-state index is 11.5. The predicted octanol–water partition coefficient (Wildman–Crippen LogP) is 4.49. The number of rotatable bonds is 5. The van der Waals surface area contributed by atoms with Crippen LogP contribution < -0.4 is 10.0 Å². The van der Waals surface area contributed by atoms with Crippen molar-refractivity contribution in [2.24, 2.45) is 0 Å². The van der Waals surface area contributed by atoms with Gasteiger partial charge in [0.05, 0.1) is 5.75 Å². The van der Waals surface area contributed by atoms with Crippen LogP contribution in [0.3, 0.4) is 0 Å². The molecule has 0 aliphatic carbocycles. The van der Waals surface area contributed by atoms with Crippen molar-refractivity contribution in [3.8, 4) is 0 Å². The third kappa shape index (κ3) is 4.99. The van der Waals surface area contributed by atoms with E-state index < -0.39 is 10.0 Å². The minimum absolute atomic E-state index is 0.0626. The highest BCUT2D eigenvalue weighted by Crippen LogP contribution is 2.25. The Kier molecular flexibility index (Phi) is 5.00. The van der Waals surface area contributed by atoms with Gasteiger partial charge >= 0.3 is 0 Å². The van der Waals surface area contributed by atoms with E-state index in [9.17, 15) is 8.42 Å². The largest absolute Gasteiger partial charge is 0.356 e. The normalized spacial score (nSPS) is 12.0. The van der Waals surface area contributed by atoms with Crippen molar-refractivity contribution in [1.29, 1.82) is 0 Å². The van der Waals surface area contributed by atoms with Crippen LogP contribution in [0.25, 0.3) is 0 Å². The van der Waals surface area contributed by atoms with Crippen LogP contribution in [0.5, 0.6) is 0 Å². The van der Waals surface area contributed by atoms with Gasteiger partial charge in [-0.1, -0.05) is 32.9 Å². The maximum absolute atomic E-state index is 11.5. The summed E-state index contributed by atoms with van der Waals surface area (Å²) >= 11 is 0. The smallest absolute Gasteiger partial charge is 0.232 e. The average molecular weight is 332 g/mol. The lowest BCUT2D eigenvalue weighted by Gasteiger charge is -2.19. The van der Waals surface area contributed by atoms with Crippen molar-refractivity contribution in [1.82, 2.24) is 0 Å². The van der Waals surface area contributed by atoms with Crippen molar-refractivity contribution in [3.05, 3.63) is 54.1 Å². The average Bonchev–Trinajstić information content (AvgIpc) is 2.49. The fourth-order valence-corrected chi connectivity index (χ4v) is 2.73. The molecule has 0 radical (unpaired) electrons. The van der Waals surface area contributed by atoms with Gasteiger partial charge in [-0.25, -0.2) is 8.42 Å². The van der Waals surface area contributed by atoms with Gasteiger partial charge in [-0.05, 0) is 54.3 Å². The van der Waals surface area contributed by atoms with Gasteiger partial charge in [-0.2, -0.15) is 0 Å². The van der Waals surface area contributed by atoms with Crippen LogP contribution in [0.15, 0.2) is 48.5 Å². The van der Waals surface area contributed by atoms with Gasteiger partial charge in [-0.3, -0.25) is 4.72 Å². The highest BCUT2D eigenvalue weighted by Gasteiger charge is 2.12. The van der Waals surface area contributed by atoms with E-state index in [0.29, 0.717) is 5.69 Å². The fraction of sp³-hybridized carbons (Fsp3) is 0.333. The molecule has 4 nitrogen and oxygen atoms in total. The van der Waals surface area contributed by atoms with Crippen LogP contribution in [0.4, 0.5) is 17.1 Å². The lowest BCUT2D eigenvalue weighted by Crippen LogP contribution is -2.14. The minimum atomic E-state index is -3.23. The molecular formula is C18H24N2O2S. The summed E-state index contributed by atoms with van der Waals surface area (Å²) in [6.45, 7) is 8.17. The molecule has 0 aromatic heterocycles. The van der Waals surface area contributed by atoms with E-state index >= 15 is 0 Å². The summed E-state index contributed by atoms with van der Waals surface area (Å²) in [4.78, 5) is 0. The molecule has 0 saturated carbocycles. The second-order valence-corrected chi connectivity index (χ2v) is 8.55. The Morgan fingerprint density at radius 1 is 0.826 bits per heavy atom. The molecule has 0 fully saturated rings. The zero-order valence-electron chi connectivity index (χ0n) is 14.1.